The summed E-state index contributed by atoms with van der Waals surface area (Å²) < 4.78 is 43.7. The Morgan fingerprint density at radius 3 is 2.44 bits per heavy atom. The van der Waals surface area contributed by atoms with Gasteiger partial charge in [0.05, 0.1) is 11.4 Å². The molecule has 2 aromatic rings. The van der Waals surface area contributed by atoms with Crippen molar-refractivity contribution in [1.82, 2.24) is 9.88 Å². The molecule has 1 aliphatic rings. The summed E-state index contributed by atoms with van der Waals surface area (Å²) in [4.78, 5) is 18.4. The van der Waals surface area contributed by atoms with Gasteiger partial charge < -0.3 is 9.32 Å². The number of sulfone groups is 1. The van der Waals surface area contributed by atoms with Gasteiger partial charge in [-0.15, -0.1) is 0 Å². The van der Waals surface area contributed by atoms with Crippen molar-refractivity contribution in [3.8, 4) is 11.5 Å². The van der Waals surface area contributed by atoms with Gasteiger partial charge in [0.25, 0.3) is 0 Å². The standard InChI is InChI=1S/C19H23FN2O4S/c1-14(19(23)22-10-4-2-3-5-11-22)27(24,25)13-17-12-26-18(21-17)15-6-8-16(20)9-7-15/h6-9,12,14H,2-5,10-11,13H2,1H3. The van der Waals surface area contributed by atoms with Gasteiger partial charge in [0, 0.05) is 18.7 Å². The third-order valence-electron chi connectivity index (χ3n) is 4.80. The van der Waals surface area contributed by atoms with E-state index in [9.17, 15) is 17.6 Å². The predicted octanol–water partition coefficient (Wildman–Crippen LogP) is 3.19. The fraction of sp³-hybridized carbons (Fsp3) is 0.474. The van der Waals surface area contributed by atoms with Gasteiger partial charge in [0.2, 0.25) is 11.8 Å². The highest BCUT2D eigenvalue weighted by atomic mass is 32.2. The quantitative estimate of drug-likeness (QED) is 0.778. The van der Waals surface area contributed by atoms with Crippen molar-refractivity contribution in [2.75, 3.05) is 13.1 Å². The second-order valence-electron chi connectivity index (χ2n) is 6.84. The van der Waals surface area contributed by atoms with E-state index in [2.05, 4.69) is 4.98 Å². The highest BCUT2D eigenvalue weighted by molar-refractivity contribution is 7.92. The molecule has 1 atom stereocenters. The number of carbonyl (C=O) groups excluding carboxylic acids is 1. The minimum Gasteiger partial charge on any atom is -0.444 e. The van der Waals surface area contributed by atoms with Crippen LogP contribution in [0.2, 0.25) is 0 Å². The molecule has 1 aromatic heterocycles. The average Bonchev–Trinajstić information content (AvgIpc) is 2.92. The Morgan fingerprint density at radius 1 is 1.19 bits per heavy atom. The third-order valence-corrected chi connectivity index (χ3v) is 6.77. The minimum absolute atomic E-state index is 0.215. The molecule has 1 aromatic carbocycles. The second kappa shape index (κ2) is 8.21. The summed E-state index contributed by atoms with van der Waals surface area (Å²) in [6.07, 6.45) is 5.21. The topological polar surface area (TPSA) is 80.5 Å². The molecule has 6 nitrogen and oxygen atoms in total. The van der Waals surface area contributed by atoms with E-state index < -0.39 is 15.1 Å². The Balaban J connectivity index is 1.70. The number of amides is 1. The molecule has 1 amide bonds. The Morgan fingerprint density at radius 2 is 1.81 bits per heavy atom. The maximum atomic E-state index is 13.0. The van der Waals surface area contributed by atoms with Gasteiger partial charge in [-0.1, -0.05) is 12.8 Å². The van der Waals surface area contributed by atoms with Gasteiger partial charge in [-0.2, -0.15) is 0 Å². The fourth-order valence-corrected chi connectivity index (χ4v) is 4.38. The van der Waals surface area contributed by atoms with E-state index in [1.54, 1.807) is 4.90 Å². The van der Waals surface area contributed by atoms with E-state index in [1.807, 2.05) is 0 Å². The van der Waals surface area contributed by atoms with Crippen LogP contribution >= 0.6 is 0 Å². The molecule has 0 spiro atoms. The molecule has 0 aliphatic carbocycles. The lowest BCUT2D eigenvalue weighted by Gasteiger charge is -2.23. The first kappa shape index (κ1) is 19.5. The van der Waals surface area contributed by atoms with Crippen LogP contribution in [0, 0.1) is 5.82 Å². The number of oxazole rings is 1. The fourth-order valence-electron chi connectivity index (χ4n) is 3.13. The largest absolute Gasteiger partial charge is 0.444 e. The van der Waals surface area contributed by atoms with E-state index in [0.717, 1.165) is 25.7 Å². The second-order valence-corrected chi connectivity index (χ2v) is 9.16. The van der Waals surface area contributed by atoms with E-state index >= 15 is 0 Å². The first-order chi connectivity index (χ1) is 12.9. The molecule has 0 saturated carbocycles. The number of hydrogen-bond donors (Lipinski definition) is 0. The molecule has 0 radical (unpaired) electrons. The number of aromatic nitrogens is 1. The van der Waals surface area contributed by atoms with Crippen LogP contribution < -0.4 is 0 Å². The van der Waals surface area contributed by atoms with E-state index in [0.29, 0.717) is 18.7 Å². The van der Waals surface area contributed by atoms with Crippen molar-refractivity contribution >= 4 is 15.7 Å². The van der Waals surface area contributed by atoms with Crippen molar-refractivity contribution in [1.29, 1.82) is 0 Å². The summed E-state index contributed by atoms with van der Waals surface area (Å²) in [6, 6.07) is 5.56. The zero-order chi connectivity index (χ0) is 19.4. The van der Waals surface area contributed by atoms with Gasteiger partial charge in [0.15, 0.2) is 9.84 Å². The molecule has 1 aliphatic heterocycles. The predicted molar refractivity (Wildman–Crippen MR) is 99.0 cm³/mol. The highest BCUT2D eigenvalue weighted by Gasteiger charge is 2.32. The summed E-state index contributed by atoms with van der Waals surface area (Å²) in [5.41, 5.74) is 0.776. The van der Waals surface area contributed by atoms with Crippen LogP contribution in [0.3, 0.4) is 0 Å². The lowest BCUT2D eigenvalue weighted by atomic mass is 10.2. The zero-order valence-electron chi connectivity index (χ0n) is 15.2. The van der Waals surface area contributed by atoms with Crippen molar-refractivity contribution in [3.63, 3.8) is 0 Å². The van der Waals surface area contributed by atoms with Crippen LogP contribution in [0.25, 0.3) is 11.5 Å². The summed E-state index contributed by atoms with van der Waals surface area (Å²) in [5.74, 6) is -0.891. The Hall–Kier alpha value is -2.22. The Bertz CT molecular complexity index is 885. The van der Waals surface area contributed by atoms with Crippen molar-refractivity contribution in [3.05, 3.63) is 42.0 Å². The number of benzene rings is 1. The number of halogens is 1. The first-order valence-electron chi connectivity index (χ1n) is 9.07. The van der Waals surface area contributed by atoms with Crippen molar-refractivity contribution < 1.29 is 22.0 Å². The van der Waals surface area contributed by atoms with Crippen molar-refractivity contribution in [2.45, 2.75) is 43.6 Å². The third kappa shape index (κ3) is 4.74. The normalized spacial score (nSPS) is 16.7. The number of carbonyl (C=O) groups is 1. The lowest BCUT2D eigenvalue weighted by molar-refractivity contribution is -0.130. The average molecular weight is 394 g/mol. The van der Waals surface area contributed by atoms with Crippen LogP contribution in [0.1, 0.15) is 38.3 Å². The van der Waals surface area contributed by atoms with Gasteiger partial charge >= 0.3 is 0 Å². The number of nitrogens with zero attached hydrogens (tertiary/aromatic N) is 2. The summed E-state index contributed by atoms with van der Waals surface area (Å²) >= 11 is 0. The Kier molecular flexibility index (Phi) is 5.94. The smallest absolute Gasteiger partial charge is 0.240 e. The van der Waals surface area contributed by atoms with E-state index in [-0.39, 0.29) is 29.1 Å². The number of hydrogen-bond acceptors (Lipinski definition) is 5. The van der Waals surface area contributed by atoms with Crippen LogP contribution in [0.5, 0.6) is 0 Å². The summed E-state index contributed by atoms with van der Waals surface area (Å²) in [5, 5.41) is -1.12. The molecular weight excluding hydrogens is 371 g/mol. The van der Waals surface area contributed by atoms with Gasteiger partial charge in [-0.25, -0.2) is 17.8 Å². The monoisotopic (exact) mass is 394 g/mol. The summed E-state index contributed by atoms with van der Waals surface area (Å²) in [6.45, 7) is 2.65. The van der Waals surface area contributed by atoms with Gasteiger partial charge in [-0.3, -0.25) is 4.79 Å². The zero-order valence-corrected chi connectivity index (χ0v) is 16.0. The Labute approximate surface area is 158 Å². The molecule has 146 valence electrons. The van der Waals surface area contributed by atoms with E-state index in [4.69, 9.17) is 4.42 Å². The molecule has 3 rings (SSSR count). The molecule has 1 unspecified atom stereocenters. The SMILES string of the molecule is CC(C(=O)N1CCCCCC1)S(=O)(=O)Cc1coc(-c2ccc(F)cc2)n1. The van der Waals surface area contributed by atoms with E-state index in [1.165, 1.54) is 37.5 Å². The molecule has 1 fully saturated rings. The molecule has 8 heteroatoms. The van der Waals surface area contributed by atoms with Gasteiger partial charge in [0.1, 0.15) is 17.3 Å². The number of rotatable bonds is 5. The minimum atomic E-state index is -3.72. The highest BCUT2D eigenvalue weighted by Crippen LogP contribution is 2.21. The molecule has 0 bridgehead atoms. The maximum Gasteiger partial charge on any atom is 0.240 e. The molecular formula is C19H23FN2O4S. The molecule has 2 heterocycles. The van der Waals surface area contributed by atoms with Gasteiger partial charge in [-0.05, 0) is 44.0 Å². The van der Waals surface area contributed by atoms with Crippen LogP contribution in [-0.2, 0) is 20.4 Å². The molecule has 27 heavy (non-hydrogen) atoms. The number of likely N-dealkylation sites (tertiary alicyclic amines) is 1. The maximum absolute atomic E-state index is 13.0. The lowest BCUT2D eigenvalue weighted by Crippen LogP contribution is -2.42. The van der Waals surface area contributed by atoms with Crippen LogP contribution in [0.4, 0.5) is 4.39 Å². The van der Waals surface area contributed by atoms with Crippen LogP contribution in [-0.4, -0.2) is 42.5 Å². The summed E-state index contributed by atoms with van der Waals surface area (Å²) in [7, 11) is -3.72. The first-order valence-corrected chi connectivity index (χ1v) is 10.8. The molecule has 0 N–H and O–H groups in total. The molecule has 1 saturated heterocycles. The van der Waals surface area contributed by atoms with Crippen LogP contribution in [0.15, 0.2) is 34.9 Å². The van der Waals surface area contributed by atoms with Crippen molar-refractivity contribution in [2.24, 2.45) is 0 Å².